The molecule has 2 atom stereocenters. The topological polar surface area (TPSA) is 46.3 Å². The van der Waals surface area contributed by atoms with Gasteiger partial charge in [-0.2, -0.15) is 11.8 Å². The molecule has 0 aromatic carbocycles. The number of thioether (sulfide) groups is 1. The molecule has 1 saturated heterocycles. The first-order chi connectivity index (χ1) is 7.79. The highest BCUT2D eigenvalue weighted by molar-refractivity contribution is 7.99. The van der Waals surface area contributed by atoms with Gasteiger partial charge in [0.1, 0.15) is 0 Å². The SMILES string of the molecule is NC1CCCCCC1C(=O)N1CCSCC1. The number of amides is 1. The standard InChI is InChI=1S/C12H22N2OS/c13-11-5-3-1-2-4-10(11)12(15)14-6-8-16-9-7-14/h10-11H,1-9,13H2. The highest BCUT2D eigenvalue weighted by Gasteiger charge is 2.30. The summed E-state index contributed by atoms with van der Waals surface area (Å²) >= 11 is 1.94. The summed E-state index contributed by atoms with van der Waals surface area (Å²) in [5.41, 5.74) is 6.13. The number of nitrogens with zero attached hydrogens (tertiary/aromatic N) is 1. The Bertz CT molecular complexity index is 241. The van der Waals surface area contributed by atoms with Crippen molar-refractivity contribution in [2.75, 3.05) is 24.6 Å². The molecule has 1 aliphatic carbocycles. The van der Waals surface area contributed by atoms with Gasteiger partial charge in [-0.1, -0.05) is 19.3 Å². The van der Waals surface area contributed by atoms with Crippen LogP contribution in [0.15, 0.2) is 0 Å². The van der Waals surface area contributed by atoms with Gasteiger partial charge in [0.25, 0.3) is 0 Å². The summed E-state index contributed by atoms with van der Waals surface area (Å²) in [4.78, 5) is 14.4. The van der Waals surface area contributed by atoms with Crippen molar-refractivity contribution in [1.82, 2.24) is 4.90 Å². The Kier molecular flexibility index (Phi) is 4.53. The quantitative estimate of drug-likeness (QED) is 0.708. The van der Waals surface area contributed by atoms with Gasteiger partial charge in [-0.15, -0.1) is 0 Å². The minimum Gasteiger partial charge on any atom is -0.341 e. The van der Waals surface area contributed by atoms with Crippen molar-refractivity contribution in [1.29, 1.82) is 0 Å². The molecule has 0 spiro atoms. The van der Waals surface area contributed by atoms with E-state index >= 15 is 0 Å². The summed E-state index contributed by atoms with van der Waals surface area (Å²) in [5.74, 6) is 2.61. The molecule has 0 radical (unpaired) electrons. The van der Waals surface area contributed by atoms with E-state index in [1.165, 1.54) is 19.3 Å². The molecule has 2 rings (SSSR count). The molecule has 2 aliphatic rings. The van der Waals surface area contributed by atoms with Gasteiger partial charge in [-0.05, 0) is 12.8 Å². The molecule has 2 N–H and O–H groups in total. The monoisotopic (exact) mass is 242 g/mol. The third-order valence-corrected chi connectivity index (χ3v) is 4.65. The van der Waals surface area contributed by atoms with Gasteiger partial charge in [-0.3, -0.25) is 4.79 Å². The number of carbonyl (C=O) groups excluding carboxylic acids is 1. The average Bonchev–Trinajstić information content (AvgIpc) is 2.54. The first kappa shape index (κ1) is 12.2. The molecule has 92 valence electrons. The maximum atomic E-state index is 12.4. The normalized spacial score (nSPS) is 32.2. The van der Waals surface area contributed by atoms with Crippen molar-refractivity contribution in [2.45, 2.75) is 38.1 Å². The molecule has 1 amide bonds. The van der Waals surface area contributed by atoms with Crippen LogP contribution in [0, 0.1) is 5.92 Å². The van der Waals surface area contributed by atoms with Crippen LogP contribution in [0.2, 0.25) is 0 Å². The lowest BCUT2D eigenvalue weighted by atomic mass is 9.94. The summed E-state index contributed by atoms with van der Waals surface area (Å²) in [6.07, 6.45) is 5.64. The molecule has 1 heterocycles. The molecule has 3 nitrogen and oxygen atoms in total. The van der Waals surface area contributed by atoms with Crippen LogP contribution in [0.25, 0.3) is 0 Å². The fraction of sp³-hybridized carbons (Fsp3) is 0.917. The molecule has 0 aromatic rings. The summed E-state index contributed by atoms with van der Waals surface area (Å²) < 4.78 is 0. The van der Waals surface area contributed by atoms with Crippen LogP contribution < -0.4 is 5.73 Å². The van der Waals surface area contributed by atoms with Crippen LogP contribution in [-0.2, 0) is 4.79 Å². The van der Waals surface area contributed by atoms with E-state index in [-0.39, 0.29) is 12.0 Å². The van der Waals surface area contributed by atoms with Crippen molar-refractivity contribution in [3.05, 3.63) is 0 Å². The lowest BCUT2D eigenvalue weighted by molar-refractivity contribution is -0.136. The fourth-order valence-corrected chi connectivity index (χ4v) is 3.56. The first-order valence-corrected chi connectivity index (χ1v) is 7.56. The highest BCUT2D eigenvalue weighted by Crippen LogP contribution is 2.25. The molecule has 16 heavy (non-hydrogen) atoms. The number of carbonyl (C=O) groups is 1. The minimum atomic E-state index is 0.101. The molecule has 4 heteroatoms. The lowest BCUT2D eigenvalue weighted by Gasteiger charge is -2.31. The zero-order valence-corrected chi connectivity index (χ0v) is 10.7. The van der Waals surface area contributed by atoms with Crippen LogP contribution in [0.3, 0.4) is 0 Å². The van der Waals surface area contributed by atoms with E-state index < -0.39 is 0 Å². The zero-order chi connectivity index (χ0) is 11.4. The zero-order valence-electron chi connectivity index (χ0n) is 9.86. The molecule has 2 unspecified atom stereocenters. The smallest absolute Gasteiger partial charge is 0.227 e. The van der Waals surface area contributed by atoms with Crippen LogP contribution in [0.1, 0.15) is 32.1 Å². The summed E-state index contributed by atoms with van der Waals surface area (Å²) in [7, 11) is 0. The van der Waals surface area contributed by atoms with E-state index in [4.69, 9.17) is 5.73 Å². The molecule has 1 aliphatic heterocycles. The Morgan fingerprint density at radius 1 is 1.12 bits per heavy atom. The maximum absolute atomic E-state index is 12.4. The van der Waals surface area contributed by atoms with E-state index in [0.29, 0.717) is 5.91 Å². The second-order valence-electron chi connectivity index (χ2n) is 4.85. The van der Waals surface area contributed by atoms with Gasteiger partial charge < -0.3 is 10.6 Å². The van der Waals surface area contributed by atoms with Gasteiger partial charge in [0.15, 0.2) is 0 Å². The maximum Gasteiger partial charge on any atom is 0.227 e. The predicted molar refractivity (Wildman–Crippen MR) is 68.5 cm³/mol. The largest absolute Gasteiger partial charge is 0.341 e. The van der Waals surface area contributed by atoms with Crippen LogP contribution in [-0.4, -0.2) is 41.4 Å². The van der Waals surface area contributed by atoms with E-state index in [0.717, 1.165) is 37.4 Å². The Labute approximate surface area is 102 Å². The van der Waals surface area contributed by atoms with Gasteiger partial charge >= 0.3 is 0 Å². The van der Waals surface area contributed by atoms with Crippen molar-refractivity contribution < 1.29 is 4.79 Å². The Balaban J connectivity index is 1.95. The van der Waals surface area contributed by atoms with Crippen LogP contribution >= 0.6 is 11.8 Å². The van der Waals surface area contributed by atoms with E-state index in [1.807, 2.05) is 16.7 Å². The first-order valence-electron chi connectivity index (χ1n) is 6.41. The molecule has 1 saturated carbocycles. The highest BCUT2D eigenvalue weighted by atomic mass is 32.2. The molecule has 0 aromatic heterocycles. The molecule has 2 fully saturated rings. The Morgan fingerprint density at radius 2 is 1.81 bits per heavy atom. The van der Waals surface area contributed by atoms with Crippen molar-refractivity contribution in [3.8, 4) is 0 Å². The van der Waals surface area contributed by atoms with Crippen molar-refractivity contribution in [2.24, 2.45) is 11.7 Å². The third-order valence-electron chi connectivity index (χ3n) is 3.71. The van der Waals surface area contributed by atoms with Crippen LogP contribution in [0.4, 0.5) is 0 Å². The molecule has 0 bridgehead atoms. The Morgan fingerprint density at radius 3 is 2.56 bits per heavy atom. The van der Waals surface area contributed by atoms with E-state index in [1.54, 1.807) is 0 Å². The van der Waals surface area contributed by atoms with Gasteiger partial charge in [0.05, 0.1) is 5.92 Å². The van der Waals surface area contributed by atoms with E-state index in [2.05, 4.69) is 0 Å². The van der Waals surface area contributed by atoms with Gasteiger partial charge in [0.2, 0.25) is 5.91 Å². The summed E-state index contributed by atoms with van der Waals surface area (Å²) in [6.45, 7) is 1.85. The molecular weight excluding hydrogens is 220 g/mol. The molecular formula is C12H22N2OS. The van der Waals surface area contributed by atoms with Crippen molar-refractivity contribution >= 4 is 17.7 Å². The lowest BCUT2D eigenvalue weighted by Crippen LogP contribution is -2.46. The van der Waals surface area contributed by atoms with Crippen molar-refractivity contribution in [3.63, 3.8) is 0 Å². The number of rotatable bonds is 1. The second-order valence-corrected chi connectivity index (χ2v) is 6.07. The van der Waals surface area contributed by atoms with Gasteiger partial charge in [-0.25, -0.2) is 0 Å². The summed E-state index contributed by atoms with van der Waals surface area (Å²) in [5, 5.41) is 0. The fourth-order valence-electron chi connectivity index (χ4n) is 2.66. The number of hydrogen-bond acceptors (Lipinski definition) is 3. The van der Waals surface area contributed by atoms with Gasteiger partial charge in [0, 0.05) is 30.6 Å². The number of nitrogens with two attached hydrogens (primary N) is 1. The second kappa shape index (κ2) is 5.92. The van der Waals surface area contributed by atoms with Crippen LogP contribution in [0.5, 0.6) is 0 Å². The Hall–Kier alpha value is -0.220. The predicted octanol–water partition coefficient (Wildman–Crippen LogP) is 1.47. The van der Waals surface area contributed by atoms with E-state index in [9.17, 15) is 4.79 Å². The third kappa shape index (κ3) is 2.92. The average molecular weight is 242 g/mol. The minimum absolute atomic E-state index is 0.101. The summed E-state index contributed by atoms with van der Waals surface area (Å²) in [6, 6.07) is 0.101. The number of hydrogen-bond donors (Lipinski definition) is 1.